The first-order valence-electron chi connectivity index (χ1n) is 9.01. The molecule has 7 nitrogen and oxygen atoms in total. The lowest BCUT2D eigenvalue weighted by Gasteiger charge is -2.21. The number of rotatable bonds is 7. The minimum Gasteiger partial charge on any atom is -0.496 e. The maximum atomic E-state index is 13.5. The number of halogens is 1. The van der Waals surface area contributed by atoms with Crippen LogP contribution in [0.4, 0.5) is 0 Å². The predicted octanol–water partition coefficient (Wildman–Crippen LogP) is 2.50. The van der Waals surface area contributed by atoms with Gasteiger partial charge in [0.25, 0.3) is 10.0 Å². The summed E-state index contributed by atoms with van der Waals surface area (Å²) < 4.78 is 44.4. The average Bonchev–Trinajstić information content (AvgIpc) is 3.18. The molecule has 0 spiro atoms. The molecule has 0 radical (unpaired) electrons. The van der Waals surface area contributed by atoms with Gasteiger partial charge >= 0.3 is 0 Å². The van der Waals surface area contributed by atoms with Crippen LogP contribution < -0.4 is 19.9 Å². The summed E-state index contributed by atoms with van der Waals surface area (Å²) in [5.41, 5.74) is 7.06. The van der Waals surface area contributed by atoms with Crippen LogP contribution in [0.1, 0.15) is 11.5 Å². The molecular formula is C20H27ClN2O5S. The molecule has 1 saturated heterocycles. The van der Waals surface area contributed by atoms with Crippen molar-refractivity contribution in [2.45, 2.75) is 10.8 Å². The highest BCUT2D eigenvalue weighted by molar-refractivity contribution is 7.89. The largest absolute Gasteiger partial charge is 0.496 e. The molecule has 2 aromatic rings. The van der Waals surface area contributed by atoms with E-state index < -0.39 is 10.0 Å². The highest BCUT2D eigenvalue weighted by Gasteiger charge is 2.41. The third-order valence-electron chi connectivity index (χ3n) is 5.21. The van der Waals surface area contributed by atoms with Gasteiger partial charge < -0.3 is 19.9 Å². The molecule has 0 aliphatic carbocycles. The van der Waals surface area contributed by atoms with Gasteiger partial charge in [-0.15, -0.1) is 12.4 Å². The Balaban J connectivity index is 0.00000300. The standard InChI is InChI=1S/C20H26N2O5S.ClH/c1-25-16-9-18(26-2)20(19(10-16)27-3)28(23,24)22-12-15(11-21)17(13-22)14-7-5-4-6-8-14;/h4-10,15,17H,11-13,21H2,1-3H3;1H/t15-,17+;/m1./s1. The van der Waals surface area contributed by atoms with Crippen molar-refractivity contribution in [2.75, 3.05) is 41.0 Å². The SMILES string of the molecule is COc1cc(OC)c(S(=O)(=O)N2C[C@@H](CN)[C@H](c3ccccc3)C2)c(OC)c1.Cl. The van der Waals surface area contributed by atoms with E-state index in [0.29, 0.717) is 25.4 Å². The molecule has 1 aliphatic heterocycles. The quantitative estimate of drug-likeness (QED) is 0.708. The molecule has 0 amide bonds. The zero-order valence-electron chi connectivity index (χ0n) is 16.7. The zero-order valence-corrected chi connectivity index (χ0v) is 18.3. The van der Waals surface area contributed by atoms with Gasteiger partial charge in [-0.1, -0.05) is 30.3 Å². The number of methoxy groups -OCH3 is 3. The summed E-state index contributed by atoms with van der Waals surface area (Å²) in [6, 6.07) is 13.0. The minimum atomic E-state index is -3.86. The Morgan fingerprint density at radius 1 is 1.00 bits per heavy atom. The van der Waals surface area contributed by atoms with Crippen LogP contribution in [0.3, 0.4) is 0 Å². The van der Waals surface area contributed by atoms with E-state index in [4.69, 9.17) is 19.9 Å². The monoisotopic (exact) mass is 442 g/mol. The molecule has 1 aliphatic rings. The number of hydrogen-bond acceptors (Lipinski definition) is 6. The van der Waals surface area contributed by atoms with Gasteiger partial charge in [0.1, 0.15) is 17.2 Å². The molecule has 0 bridgehead atoms. The second-order valence-corrected chi connectivity index (χ2v) is 8.57. The first-order chi connectivity index (χ1) is 13.5. The number of hydrogen-bond donors (Lipinski definition) is 1. The topological polar surface area (TPSA) is 91.1 Å². The summed E-state index contributed by atoms with van der Waals surface area (Å²) in [6.07, 6.45) is 0. The molecule has 2 aromatic carbocycles. The van der Waals surface area contributed by atoms with Crippen LogP contribution in [0.15, 0.2) is 47.4 Å². The lowest BCUT2D eigenvalue weighted by molar-refractivity contribution is 0.355. The summed E-state index contributed by atoms with van der Waals surface area (Å²) in [5.74, 6) is 0.895. The molecular weight excluding hydrogens is 416 g/mol. The van der Waals surface area contributed by atoms with Crippen molar-refractivity contribution in [3.05, 3.63) is 48.0 Å². The molecule has 160 valence electrons. The Morgan fingerprint density at radius 2 is 1.59 bits per heavy atom. The fraction of sp³-hybridized carbons (Fsp3) is 0.400. The molecule has 3 rings (SSSR count). The van der Waals surface area contributed by atoms with Crippen molar-refractivity contribution in [2.24, 2.45) is 11.7 Å². The predicted molar refractivity (Wildman–Crippen MR) is 114 cm³/mol. The Kier molecular flexibility index (Phi) is 7.76. The zero-order chi connectivity index (χ0) is 20.3. The van der Waals surface area contributed by atoms with Crippen molar-refractivity contribution in [1.82, 2.24) is 4.31 Å². The van der Waals surface area contributed by atoms with Gasteiger partial charge in [-0.2, -0.15) is 4.31 Å². The number of ether oxygens (including phenoxy) is 3. The van der Waals surface area contributed by atoms with Gasteiger partial charge in [0.15, 0.2) is 4.90 Å². The van der Waals surface area contributed by atoms with Gasteiger partial charge in [-0.05, 0) is 18.0 Å². The molecule has 1 fully saturated rings. The lowest BCUT2D eigenvalue weighted by Crippen LogP contribution is -2.30. The van der Waals surface area contributed by atoms with Crippen LogP contribution >= 0.6 is 12.4 Å². The van der Waals surface area contributed by atoms with Crippen LogP contribution in [0.25, 0.3) is 0 Å². The summed E-state index contributed by atoms with van der Waals surface area (Å²) in [4.78, 5) is 0.00258. The Hall–Kier alpha value is -2.00. The lowest BCUT2D eigenvalue weighted by atomic mass is 9.89. The van der Waals surface area contributed by atoms with E-state index in [1.807, 2.05) is 30.3 Å². The van der Waals surface area contributed by atoms with Gasteiger partial charge in [-0.25, -0.2) is 8.42 Å². The van der Waals surface area contributed by atoms with Crippen molar-refractivity contribution < 1.29 is 22.6 Å². The number of nitrogens with zero attached hydrogens (tertiary/aromatic N) is 1. The van der Waals surface area contributed by atoms with Gasteiger partial charge in [-0.3, -0.25) is 0 Å². The normalized spacial score (nSPS) is 19.4. The van der Waals surface area contributed by atoms with Crippen LogP contribution in [-0.2, 0) is 10.0 Å². The molecule has 0 saturated carbocycles. The smallest absolute Gasteiger partial charge is 0.250 e. The molecule has 2 N–H and O–H groups in total. The van der Waals surface area contributed by atoms with Crippen LogP contribution in [0.2, 0.25) is 0 Å². The first kappa shape index (κ1) is 23.3. The van der Waals surface area contributed by atoms with E-state index in [0.717, 1.165) is 5.56 Å². The molecule has 0 unspecified atom stereocenters. The maximum absolute atomic E-state index is 13.5. The van der Waals surface area contributed by atoms with Crippen molar-refractivity contribution in [1.29, 1.82) is 0 Å². The molecule has 1 heterocycles. The summed E-state index contributed by atoms with van der Waals surface area (Å²) in [7, 11) is 0.485. The summed E-state index contributed by atoms with van der Waals surface area (Å²) in [6.45, 7) is 1.10. The van der Waals surface area contributed by atoms with E-state index in [-0.39, 0.29) is 40.6 Å². The van der Waals surface area contributed by atoms with E-state index in [1.165, 1.54) is 25.6 Å². The summed E-state index contributed by atoms with van der Waals surface area (Å²) >= 11 is 0. The van der Waals surface area contributed by atoms with Crippen molar-refractivity contribution in [3.63, 3.8) is 0 Å². The minimum absolute atomic E-state index is 0. The summed E-state index contributed by atoms with van der Waals surface area (Å²) in [5, 5.41) is 0. The van der Waals surface area contributed by atoms with Gasteiger partial charge in [0, 0.05) is 31.1 Å². The van der Waals surface area contributed by atoms with Gasteiger partial charge in [0.05, 0.1) is 21.3 Å². The van der Waals surface area contributed by atoms with E-state index >= 15 is 0 Å². The van der Waals surface area contributed by atoms with Crippen LogP contribution in [-0.4, -0.2) is 53.7 Å². The van der Waals surface area contributed by atoms with Crippen molar-refractivity contribution in [3.8, 4) is 17.2 Å². The fourth-order valence-electron chi connectivity index (χ4n) is 3.70. The van der Waals surface area contributed by atoms with Crippen LogP contribution in [0, 0.1) is 5.92 Å². The third kappa shape index (κ3) is 4.45. The Morgan fingerprint density at radius 3 is 2.07 bits per heavy atom. The second kappa shape index (κ2) is 9.67. The Bertz CT molecular complexity index is 899. The second-order valence-electron chi connectivity index (χ2n) is 6.70. The number of sulfonamides is 1. The molecule has 0 aromatic heterocycles. The third-order valence-corrected chi connectivity index (χ3v) is 7.10. The maximum Gasteiger partial charge on any atom is 0.250 e. The number of benzene rings is 2. The highest BCUT2D eigenvalue weighted by atomic mass is 35.5. The Labute approximate surface area is 178 Å². The first-order valence-corrected chi connectivity index (χ1v) is 10.5. The van der Waals surface area contributed by atoms with Gasteiger partial charge in [0.2, 0.25) is 0 Å². The number of nitrogens with two attached hydrogens (primary N) is 1. The fourth-order valence-corrected chi connectivity index (χ4v) is 5.50. The van der Waals surface area contributed by atoms with E-state index in [1.54, 1.807) is 12.1 Å². The highest BCUT2D eigenvalue weighted by Crippen LogP contribution is 2.42. The molecule has 2 atom stereocenters. The molecule has 29 heavy (non-hydrogen) atoms. The molecule has 9 heteroatoms. The van der Waals surface area contributed by atoms with E-state index in [9.17, 15) is 8.42 Å². The van der Waals surface area contributed by atoms with Crippen molar-refractivity contribution >= 4 is 22.4 Å². The average molecular weight is 443 g/mol. The van der Waals surface area contributed by atoms with Crippen LogP contribution in [0.5, 0.6) is 17.2 Å². The van der Waals surface area contributed by atoms with E-state index in [2.05, 4.69) is 0 Å².